The summed E-state index contributed by atoms with van der Waals surface area (Å²) in [5.74, 6) is 0.0980. The van der Waals surface area contributed by atoms with E-state index in [0.717, 1.165) is 24.3 Å². The van der Waals surface area contributed by atoms with Crippen LogP contribution >= 0.6 is 11.3 Å². The summed E-state index contributed by atoms with van der Waals surface area (Å²) in [7, 11) is 0. The van der Waals surface area contributed by atoms with Gasteiger partial charge < -0.3 is 10.1 Å². The summed E-state index contributed by atoms with van der Waals surface area (Å²) in [5.41, 5.74) is 0. The minimum absolute atomic E-state index is 0.0980. The van der Waals surface area contributed by atoms with Crippen molar-refractivity contribution in [3.63, 3.8) is 0 Å². The van der Waals surface area contributed by atoms with Gasteiger partial charge in [0.15, 0.2) is 5.78 Å². The molecule has 1 aliphatic heterocycles. The topological polar surface area (TPSA) is 38.3 Å². The fourth-order valence-corrected chi connectivity index (χ4v) is 2.93. The van der Waals surface area contributed by atoms with Crippen molar-refractivity contribution in [1.29, 1.82) is 0 Å². The Kier molecular flexibility index (Phi) is 5.84. The number of rotatable bonds is 7. The Hall–Kier alpha value is -0.710. The van der Waals surface area contributed by atoms with Gasteiger partial charge in [-0.2, -0.15) is 0 Å². The second-order valence-corrected chi connectivity index (χ2v) is 5.69. The van der Waals surface area contributed by atoms with Gasteiger partial charge in [-0.25, -0.2) is 0 Å². The quantitative estimate of drug-likeness (QED) is 0.610. The van der Waals surface area contributed by atoms with Gasteiger partial charge in [-0.1, -0.05) is 12.5 Å². The van der Waals surface area contributed by atoms with Gasteiger partial charge in [0.05, 0.1) is 4.88 Å². The van der Waals surface area contributed by atoms with Crippen LogP contribution in [0.5, 0.6) is 0 Å². The molecule has 0 aliphatic carbocycles. The Morgan fingerprint density at radius 2 is 2.44 bits per heavy atom. The third-order valence-electron chi connectivity index (χ3n) is 3.28. The lowest BCUT2D eigenvalue weighted by Crippen LogP contribution is -2.34. The van der Waals surface area contributed by atoms with Crippen molar-refractivity contribution in [1.82, 2.24) is 5.32 Å². The van der Waals surface area contributed by atoms with Crippen molar-refractivity contribution >= 4 is 17.1 Å². The molecule has 0 aromatic carbocycles. The molecule has 4 heteroatoms. The van der Waals surface area contributed by atoms with Crippen molar-refractivity contribution in [3.05, 3.63) is 22.4 Å². The Morgan fingerprint density at radius 3 is 3.17 bits per heavy atom. The maximum absolute atomic E-state index is 11.6. The Bertz CT molecular complexity index is 345. The zero-order valence-corrected chi connectivity index (χ0v) is 11.5. The molecule has 1 N–H and O–H groups in total. The highest BCUT2D eigenvalue weighted by Gasteiger charge is 2.12. The minimum atomic E-state index is 0.0980. The molecule has 0 unspecified atom stereocenters. The predicted octanol–water partition coefficient (Wildman–Crippen LogP) is 2.87. The largest absolute Gasteiger partial charge is 0.373 e. The second-order valence-electron chi connectivity index (χ2n) is 4.74. The van der Waals surface area contributed by atoms with E-state index in [0.29, 0.717) is 12.6 Å². The highest BCUT2D eigenvalue weighted by Crippen LogP contribution is 2.12. The molecule has 2 heterocycles. The van der Waals surface area contributed by atoms with E-state index in [9.17, 15) is 4.79 Å². The predicted molar refractivity (Wildman–Crippen MR) is 74.3 cm³/mol. The smallest absolute Gasteiger partial charge is 0.198 e. The van der Waals surface area contributed by atoms with Gasteiger partial charge in [-0.05, 0) is 43.7 Å². The Morgan fingerprint density at radius 1 is 1.50 bits per heavy atom. The zero-order chi connectivity index (χ0) is 12.6. The van der Waals surface area contributed by atoms with Crippen LogP contribution < -0.4 is 5.32 Å². The molecule has 100 valence electrons. The number of carbonyl (C=O) groups is 1. The van der Waals surface area contributed by atoms with Crippen molar-refractivity contribution in [2.45, 2.75) is 38.1 Å². The molecule has 1 aromatic heterocycles. The summed E-state index contributed by atoms with van der Waals surface area (Å²) < 4.78 is 5.44. The molecule has 0 radical (unpaired) electrons. The molecule has 0 spiro atoms. The molecular formula is C14H21NO2S. The third-order valence-corrected chi connectivity index (χ3v) is 4.19. The second kappa shape index (κ2) is 7.67. The van der Waals surface area contributed by atoms with E-state index >= 15 is 0 Å². The fourth-order valence-electron chi connectivity index (χ4n) is 2.28. The number of nitrogens with one attached hydrogen (secondary N) is 1. The summed E-state index contributed by atoms with van der Waals surface area (Å²) in [6.45, 7) is 2.07. The maximum Gasteiger partial charge on any atom is 0.198 e. The third kappa shape index (κ3) is 4.52. The molecule has 18 heavy (non-hydrogen) atoms. The number of Topliss-reactive ketones (excluding diaryl/α,β-unsaturated/α-hetero) is 1. The van der Waals surface area contributed by atoms with E-state index in [4.69, 9.17) is 4.74 Å². The van der Waals surface area contributed by atoms with E-state index in [-0.39, 0.29) is 12.4 Å². The number of ether oxygens (including phenoxy) is 1. The van der Waals surface area contributed by atoms with Crippen LogP contribution in [0.1, 0.15) is 41.8 Å². The van der Waals surface area contributed by atoms with Gasteiger partial charge in [0.1, 0.15) is 6.61 Å². The Labute approximate surface area is 113 Å². The lowest BCUT2D eigenvalue weighted by molar-refractivity contribution is 0.0752. The normalized spacial score (nSPS) is 19.9. The van der Waals surface area contributed by atoms with Crippen LogP contribution in [0.25, 0.3) is 0 Å². The van der Waals surface area contributed by atoms with Gasteiger partial charge in [0, 0.05) is 12.6 Å². The Balaban J connectivity index is 1.52. The number of ketones is 1. The standard InChI is InChI=1S/C14H21NO2S/c16-13(14-7-4-10-18-14)11-17-9-3-6-12-5-1-2-8-15-12/h4,7,10,12,15H,1-3,5-6,8-9,11H2/t12-/m0/s1. The average molecular weight is 267 g/mol. The molecule has 1 fully saturated rings. The zero-order valence-electron chi connectivity index (χ0n) is 10.7. The molecule has 2 rings (SSSR count). The lowest BCUT2D eigenvalue weighted by atomic mass is 10.0. The first-order chi connectivity index (χ1) is 8.86. The van der Waals surface area contributed by atoms with Crippen molar-refractivity contribution in [2.24, 2.45) is 0 Å². The van der Waals surface area contributed by atoms with Crippen molar-refractivity contribution < 1.29 is 9.53 Å². The average Bonchev–Trinajstić information content (AvgIpc) is 2.93. The van der Waals surface area contributed by atoms with E-state index < -0.39 is 0 Å². The van der Waals surface area contributed by atoms with Crippen LogP contribution in [0.4, 0.5) is 0 Å². The fraction of sp³-hybridized carbons (Fsp3) is 0.643. The van der Waals surface area contributed by atoms with Gasteiger partial charge in [0.2, 0.25) is 0 Å². The summed E-state index contributed by atoms with van der Waals surface area (Å²) in [6, 6.07) is 4.41. The highest BCUT2D eigenvalue weighted by molar-refractivity contribution is 7.12. The number of hydrogen-bond donors (Lipinski definition) is 1. The maximum atomic E-state index is 11.6. The van der Waals surface area contributed by atoms with Crippen LogP contribution in [-0.2, 0) is 4.74 Å². The molecule has 1 aromatic rings. The van der Waals surface area contributed by atoms with Gasteiger partial charge in [-0.15, -0.1) is 11.3 Å². The molecule has 0 amide bonds. The first-order valence-electron chi connectivity index (χ1n) is 6.74. The number of hydrogen-bond acceptors (Lipinski definition) is 4. The van der Waals surface area contributed by atoms with E-state index in [1.165, 1.54) is 30.6 Å². The van der Waals surface area contributed by atoms with Crippen molar-refractivity contribution in [3.8, 4) is 0 Å². The van der Waals surface area contributed by atoms with Crippen LogP contribution in [0, 0.1) is 0 Å². The molecular weight excluding hydrogens is 246 g/mol. The first-order valence-corrected chi connectivity index (χ1v) is 7.62. The van der Waals surface area contributed by atoms with Crippen LogP contribution in [0.2, 0.25) is 0 Å². The van der Waals surface area contributed by atoms with Crippen LogP contribution in [-0.4, -0.2) is 31.6 Å². The van der Waals surface area contributed by atoms with E-state index in [1.54, 1.807) is 0 Å². The lowest BCUT2D eigenvalue weighted by Gasteiger charge is -2.23. The number of piperidine rings is 1. The number of carbonyl (C=O) groups excluding carboxylic acids is 1. The van der Waals surface area contributed by atoms with Crippen LogP contribution in [0.15, 0.2) is 17.5 Å². The molecule has 1 atom stereocenters. The summed E-state index contributed by atoms with van der Waals surface area (Å²) in [4.78, 5) is 12.4. The molecule has 3 nitrogen and oxygen atoms in total. The summed E-state index contributed by atoms with van der Waals surface area (Å²) >= 11 is 1.48. The highest BCUT2D eigenvalue weighted by atomic mass is 32.1. The monoisotopic (exact) mass is 267 g/mol. The number of thiophene rings is 1. The molecule has 0 bridgehead atoms. The molecule has 1 saturated heterocycles. The van der Waals surface area contributed by atoms with Gasteiger partial charge in [0.25, 0.3) is 0 Å². The van der Waals surface area contributed by atoms with Gasteiger partial charge in [-0.3, -0.25) is 4.79 Å². The molecule has 1 aliphatic rings. The van der Waals surface area contributed by atoms with E-state index in [1.807, 2.05) is 17.5 Å². The molecule has 0 saturated carbocycles. The van der Waals surface area contributed by atoms with E-state index in [2.05, 4.69) is 5.32 Å². The van der Waals surface area contributed by atoms with Crippen molar-refractivity contribution in [2.75, 3.05) is 19.8 Å². The minimum Gasteiger partial charge on any atom is -0.373 e. The SMILES string of the molecule is O=C(COCCC[C@@H]1CCCCN1)c1cccs1. The van der Waals surface area contributed by atoms with Crippen LogP contribution in [0.3, 0.4) is 0 Å². The first kappa shape index (κ1) is 13.7. The summed E-state index contributed by atoms with van der Waals surface area (Å²) in [6.07, 6.45) is 6.13. The van der Waals surface area contributed by atoms with Gasteiger partial charge >= 0.3 is 0 Å². The summed E-state index contributed by atoms with van der Waals surface area (Å²) in [5, 5.41) is 5.44.